The maximum absolute atomic E-state index is 13.6. The first-order chi connectivity index (χ1) is 8.17. The molecule has 0 aliphatic heterocycles. The molecule has 1 aliphatic rings. The molecule has 2 nitrogen and oxygen atoms in total. The predicted octanol–water partition coefficient (Wildman–Crippen LogP) is 3.05. The summed E-state index contributed by atoms with van der Waals surface area (Å²) in [6.07, 6.45) is 3.42. The van der Waals surface area contributed by atoms with Crippen molar-refractivity contribution >= 4 is 0 Å². The molecule has 1 aromatic carbocycles. The van der Waals surface area contributed by atoms with Crippen LogP contribution < -0.4 is 5.32 Å². The number of halogens is 1. The molecule has 2 rings (SSSR count). The highest BCUT2D eigenvalue weighted by Gasteiger charge is 2.36. The van der Waals surface area contributed by atoms with Crippen molar-refractivity contribution in [2.45, 2.75) is 37.8 Å². The molecule has 0 bridgehead atoms. The van der Waals surface area contributed by atoms with Gasteiger partial charge in [0, 0.05) is 25.3 Å². The Hall–Kier alpha value is -0.930. The van der Waals surface area contributed by atoms with Gasteiger partial charge in [0.25, 0.3) is 0 Å². The third kappa shape index (κ3) is 2.67. The van der Waals surface area contributed by atoms with E-state index in [1.165, 1.54) is 12.5 Å². The lowest BCUT2D eigenvalue weighted by Crippen LogP contribution is -2.48. The topological polar surface area (TPSA) is 21.3 Å². The SMILES string of the molecule is COC1(CNC(C)c2ccccc2F)CCC1. The summed E-state index contributed by atoms with van der Waals surface area (Å²) >= 11 is 0. The van der Waals surface area contributed by atoms with Gasteiger partial charge in [-0.1, -0.05) is 18.2 Å². The Morgan fingerprint density at radius 1 is 1.41 bits per heavy atom. The summed E-state index contributed by atoms with van der Waals surface area (Å²) in [6.45, 7) is 2.78. The average Bonchev–Trinajstić information content (AvgIpc) is 2.28. The Kier molecular flexibility index (Phi) is 3.79. The van der Waals surface area contributed by atoms with Crippen LogP contribution in [0.15, 0.2) is 24.3 Å². The number of methoxy groups -OCH3 is 1. The molecular weight excluding hydrogens is 217 g/mol. The van der Waals surface area contributed by atoms with E-state index < -0.39 is 0 Å². The van der Waals surface area contributed by atoms with Gasteiger partial charge in [-0.2, -0.15) is 0 Å². The van der Waals surface area contributed by atoms with Gasteiger partial charge in [-0.3, -0.25) is 0 Å². The number of hydrogen-bond donors (Lipinski definition) is 1. The fraction of sp³-hybridized carbons (Fsp3) is 0.571. The summed E-state index contributed by atoms with van der Waals surface area (Å²) in [7, 11) is 1.76. The van der Waals surface area contributed by atoms with Gasteiger partial charge in [0.1, 0.15) is 5.82 Å². The molecule has 17 heavy (non-hydrogen) atoms. The zero-order valence-electron chi connectivity index (χ0n) is 10.5. The largest absolute Gasteiger partial charge is 0.377 e. The molecule has 0 spiro atoms. The molecular formula is C14H20FNO. The fourth-order valence-electron chi connectivity index (χ4n) is 2.30. The van der Waals surface area contributed by atoms with Crippen molar-refractivity contribution in [2.75, 3.05) is 13.7 Å². The molecule has 0 saturated heterocycles. The molecule has 94 valence electrons. The Labute approximate surface area is 102 Å². The Morgan fingerprint density at radius 2 is 2.12 bits per heavy atom. The molecule has 1 aliphatic carbocycles. The highest BCUT2D eigenvalue weighted by atomic mass is 19.1. The van der Waals surface area contributed by atoms with Gasteiger partial charge >= 0.3 is 0 Å². The minimum atomic E-state index is -0.146. The minimum absolute atomic E-state index is 0.0144. The van der Waals surface area contributed by atoms with Crippen molar-refractivity contribution in [1.29, 1.82) is 0 Å². The Balaban J connectivity index is 1.93. The number of rotatable bonds is 5. The second-order valence-electron chi connectivity index (χ2n) is 4.86. The molecule has 1 aromatic rings. The number of benzene rings is 1. The molecule has 1 unspecified atom stereocenters. The van der Waals surface area contributed by atoms with Crippen LogP contribution in [-0.2, 0) is 4.74 Å². The maximum atomic E-state index is 13.6. The monoisotopic (exact) mass is 237 g/mol. The van der Waals surface area contributed by atoms with Crippen LogP contribution in [-0.4, -0.2) is 19.3 Å². The highest BCUT2D eigenvalue weighted by Crippen LogP contribution is 2.34. The number of ether oxygens (including phenoxy) is 1. The summed E-state index contributed by atoms with van der Waals surface area (Å²) in [6, 6.07) is 6.93. The minimum Gasteiger partial charge on any atom is -0.377 e. The third-order valence-corrected chi connectivity index (χ3v) is 3.80. The molecule has 1 saturated carbocycles. The van der Waals surface area contributed by atoms with Crippen LogP contribution in [0.1, 0.15) is 37.8 Å². The molecule has 0 aromatic heterocycles. The van der Waals surface area contributed by atoms with E-state index in [4.69, 9.17) is 4.74 Å². The van der Waals surface area contributed by atoms with Crippen molar-refractivity contribution in [3.05, 3.63) is 35.6 Å². The average molecular weight is 237 g/mol. The predicted molar refractivity (Wildman–Crippen MR) is 66.4 cm³/mol. The van der Waals surface area contributed by atoms with E-state index in [1.807, 2.05) is 19.1 Å². The summed E-state index contributed by atoms with van der Waals surface area (Å²) in [5, 5.41) is 3.37. The maximum Gasteiger partial charge on any atom is 0.127 e. The number of nitrogens with one attached hydrogen (secondary N) is 1. The molecule has 3 heteroatoms. The third-order valence-electron chi connectivity index (χ3n) is 3.80. The van der Waals surface area contributed by atoms with Crippen molar-refractivity contribution in [3.63, 3.8) is 0 Å². The van der Waals surface area contributed by atoms with Crippen LogP contribution in [0.5, 0.6) is 0 Å². The molecule has 1 N–H and O–H groups in total. The second-order valence-corrected chi connectivity index (χ2v) is 4.86. The Morgan fingerprint density at radius 3 is 2.65 bits per heavy atom. The van der Waals surface area contributed by atoms with Crippen molar-refractivity contribution < 1.29 is 9.13 Å². The number of hydrogen-bond acceptors (Lipinski definition) is 2. The zero-order valence-corrected chi connectivity index (χ0v) is 10.5. The summed E-state index contributed by atoms with van der Waals surface area (Å²) in [5.74, 6) is -0.146. The van der Waals surface area contributed by atoms with Gasteiger partial charge in [-0.05, 0) is 32.3 Å². The first-order valence-corrected chi connectivity index (χ1v) is 6.20. The van der Waals surface area contributed by atoms with Gasteiger partial charge in [0.2, 0.25) is 0 Å². The van der Waals surface area contributed by atoms with Crippen molar-refractivity contribution in [2.24, 2.45) is 0 Å². The van der Waals surface area contributed by atoms with Crippen LogP contribution in [0, 0.1) is 5.82 Å². The van der Waals surface area contributed by atoms with Crippen molar-refractivity contribution in [3.8, 4) is 0 Å². The van der Waals surface area contributed by atoms with E-state index in [9.17, 15) is 4.39 Å². The smallest absolute Gasteiger partial charge is 0.127 e. The highest BCUT2D eigenvalue weighted by molar-refractivity contribution is 5.20. The lowest BCUT2D eigenvalue weighted by Gasteiger charge is -2.41. The molecule has 1 atom stereocenters. The fourth-order valence-corrected chi connectivity index (χ4v) is 2.30. The summed E-state index contributed by atoms with van der Waals surface area (Å²) < 4.78 is 19.1. The van der Waals surface area contributed by atoms with E-state index in [2.05, 4.69) is 5.32 Å². The summed E-state index contributed by atoms with van der Waals surface area (Å²) in [5.41, 5.74) is 0.706. The van der Waals surface area contributed by atoms with Gasteiger partial charge in [0.15, 0.2) is 0 Å². The van der Waals surface area contributed by atoms with Gasteiger partial charge in [-0.25, -0.2) is 4.39 Å². The van der Waals surface area contributed by atoms with Crippen LogP contribution in [0.3, 0.4) is 0 Å². The molecule has 0 radical (unpaired) electrons. The van der Waals surface area contributed by atoms with E-state index >= 15 is 0 Å². The van der Waals surface area contributed by atoms with Gasteiger partial charge < -0.3 is 10.1 Å². The van der Waals surface area contributed by atoms with Crippen LogP contribution in [0.4, 0.5) is 4.39 Å². The molecule has 0 amide bonds. The van der Waals surface area contributed by atoms with Crippen molar-refractivity contribution in [1.82, 2.24) is 5.32 Å². The lowest BCUT2D eigenvalue weighted by molar-refractivity contribution is -0.0707. The van der Waals surface area contributed by atoms with Crippen LogP contribution in [0.25, 0.3) is 0 Å². The van der Waals surface area contributed by atoms with E-state index in [0.717, 1.165) is 24.9 Å². The van der Waals surface area contributed by atoms with Gasteiger partial charge in [-0.15, -0.1) is 0 Å². The van der Waals surface area contributed by atoms with Crippen LogP contribution in [0.2, 0.25) is 0 Å². The quantitative estimate of drug-likeness (QED) is 0.850. The zero-order chi connectivity index (χ0) is 12.3. The second kappa shape index (κ2) is 5.15. The van der Waals surface area contributed by atoms with Crippen LogP contribution >= 0.6 is 0 Å². The molecule has 0 heterocycles. The molecule has 1 fully saturated rings. The van der Waals surface area contributed by atoms with E-state index in [1.54, 1.807) is 13.2 Å². The van der Waals surface area contributed by atoms with E-state index in [0.29, 0.717) is 0 Å². The summed E-state index contributed by atoms with van der Waals surface area (Å²) in [4.78, 5) is 0. The van der Waals surface area contributed by atoms with E-state index in [-0.39, 0.29) is 17.5 Å². The Bertz CT molecular complexity index is 371. The lowest BCUT2D eigenvalue weighted by atomic mass is 9.80. The normalized spacial score (nSPS) is 19.7. The van der Waals surface area contributed by atoms with Gasteiger partial charge in [0.05, 0.1) is 5.60 Å². The standard InChI is InChI=1S/C14H20FNO/c1-11(12-6-3-4-7-13(12)15)16-10-14(17-2)8-5-9-14/h3-4,6-7,11,16H,5,8-10H2,1-2H3. The first kappa shape index (κ1) is 12.5. The first-order valence-electron chi connectivity index (χ1n) is 6.20.